The number of rotatable bonds is 5. The molecule has 0 radical (unpaired) electrons. The SMILES string of the molecule is Cc1cc2c(cc1S(=O)(=O)NCCc1ccccn1)S(=O)(=O)c1ccccc1C21CCCCC1. The van der Waals surface area contributed by atoms with Crippen LogP contribution in [0.1, 0.15) is 54.5 Å². The molecule has 1 aliphatic heterocycles. The highest BCUT2D eigenvalue weighted by molar-refractivity contribution is 7.92. The molecule has 0 unspecified atom stereocenters. The third-order valence-corrected chi connectivity index (χ3v) is 10.6. The first kappa shape index (κ1) is 23.2. The standard InChI is InChI=1S/C26H28N2O4S2/c1-19-17-22-25(18-24(19)34(31,32)28-16-12-20-9-5-8-15-27-20)33(29,30)23-11-4-3-10-21(23)26(22)13-6-2-7-14-26/h3-5,8-11,15,17-18,28H,2,6-7,12-14,16H2,1H3. The van der Waals surface area contributed by atoms with Crippen molar-refractivity contribution in [3.63, 3.8) is 0 Å². The number of aromatic nitrogens is 1. The molecule has 1 aromatic heterocycles. The summed E-state index contributed by atoms with van der Waals surface area (Å²) in [5.41, 5.74) is 2.55. The van der Waals surface area contributed by atoms with Gasteiger partial charge in [0.15, 0.2) is 0 Å². The fourth-order valence-corrected chi connectivity index (χ4v) is 8.77. The van der Waals surface area contributed by atoms with Crippen LogP contribution in [0.5, 0.6) is 0 Å². The van der Waals surface area contributed by atoms with Gasteiger partial charge in [0, 0.05) is 30.3 Å². The van der Waals surface area contributed by atoms with Crippen LogP contribution >= 0.6 is 0 Å². The topological polar surface area (TPSA) is 93.2 Å². The lowest BCUT2D eigenvalue weighted by molar-refractivity contribution is 0.332. The third kappa shape index (κ3) is 3.78. The Bertz CT molecular complexity index is 1440. The second kappa shape index (κ2) is 8.59. The Hall–Kier alpha value is -2.55. The number of aryl methyl sites for hydroxylation is 1. The van der Waals surface area contributed by atoms with Crippen molar-refractivity contribution in [1.82, 2.24) is 9.71 Å². The first-order valence-corrected chi connectivity index (χ1v) is 14.6. The molecule has 34 heavy (non-hydrogen) atoms. The van der Waals surface area contributed by atoms with E-state index in [4.69, 9.17) is 0 Å². The highest BCUT2D eigenvalue weighted by Crippen LogP contribution is 2.53. The van der Waals surface area contributed by atoms with Gasteiger partial charge in [0.05, 0.1) is 14.7 Å². The second-order valence-corrected chi connectivity index (χ2v) is 12.8. The molecule has 0 bridgehead atoms. The van der Waals surface area contributed by atoms with E-state index in [0.29, 0.717) is 16.9 Å². The second-order valence-electron chi connectivity index (χ2n) is 9.23. The number of sulfonamides is 1. The largest absolute Gasteiger partial charge is 0.261 e. The average molecular weight is 497 g/mol. The summed E-state index contributed by atoms with van der Waals surface area (Å²) in [4.78, 5) is 4.67. The summed E-state index contributed by atoms with van der Waals surface area (Å²) in [5, 5.41) is 0. The van der Waals surface area contributed by atoms with E-state index < -0.39 is 25.3 Å². The van der Waals surface area contributed by atoms with E-state index in [0.717, 1.165) is 48.9 Å². The van der Waals surface area contributed by atoms with Crippen LogP contribution in [0.25, 0.3) is 0 Å². The Labute approximate surface area is 201 Å². The maximum absolute atomic E-state index is 13.7. The zero-order valence-corrected chi connectivity index (χ0v) is 20.8. The van der Waals surface area contributed by atoms with Gasteiger partial charge in [-0.2, -0.15) is 0 Å². The van der Waals surface area contributed by atoms with Gasteiger partial charge in [-0.3, -0.25) is 4.98 Å². The van der Waals surface area contributed by atoms with Crippen LogP contribution < -0.4 is 4.72 Å². The highest BCUT2D eigenvalue weighted by atomic mass is 32.2. The van der Waals surface area contributed by atoms with Crippen LogP contribution in [-0.2, 0) is 31.7 Å². The quantitative estimate of drug-likeness (QED) is 0.568. The summed E-state index contributed by atoms with van der Waals surface area (Å²) in [7, 11) is -7.75. The molecule has 0 amide bonds. The van der Waals surface area contributed by atoms with Gasteiger partial charge >= 0.3 is 0 Å². The minimum atomic E-state index is -3.91. The molecule has 3 aromatic rings. The molecule has 2 aromatic carbocycles. The predicted octanol–water partition coefficient (Wildman–Crippen LogP) is 4.31. The highest BCUT2D eigenvalue weighted by Gasteiger charge is 2.47. The van der Waals surface area contributed by atoms with Crippen molar-refractivity contribution in [2.45, 2.75) is 65.6 Å². The molecule has 0 saturated heterocycles. The van der Waals surface area contributed by atoms with Crippen LogP contribution in [-0.4, -0.2) is 28.4 Å². The zero-order chi connectivity index (χ0) is 24.0. The van der Waals surface area contributed by atoms with Gasteiger partial charge in [-0.15, -0.1) is 0 Å². The molecule has 6 nitrogen and oxygen atoms in total. The molecular formula is C26H28N2O4S2. The number of nitrogens with one attached hydrogen (secondary N) is 1. The van der Waals surface area contributed by atoms with Gasteiger partial charge < -0.3 is 0 Å². The molecule has 1 N–H and O–H groups in total. The summed E-state index contributed by atoms with van der Waals surface area (Å²) >= 11 is 0. The van der Waals surface area contributed by atoms with E-state index in [9.17, 15) is 16.8 Å². The smallest absolute Gasteiger partial charge is 0.240 e. The van der Waals surface area contributed by atoms with Crippen molar-refractivity contribution in [2.24, 2.45) is 0 Å². The molecule has 2 aliphatic rings. The predicted molar refractivity (Wildman–Crippen MR) is 130 cm³/mol. The van der Waals surface area contributed by atoms with Gasteiger partial charge in [0.1, 0.15) is 0 Å². The van der Waals surface area contributed by atoms with E-state index in [1.54, 1.807) is 25.3 Å². The molecule has 5 rings (SSSR count). The molecule has 8 heteroatoms. The van der Waals surface area contributed by atoms with E-state index in [2.05, 4.69) is 9.71 Å². The Morgan fingerprint density at radius 1 is 0.941 bits per heavy atom. The summed E-state index contributed by atoms with van der Waals surface area (Å²) < 4.78 is 56.5. The molecule has 1 aliphatic carbocycles. The molecule has 1 spiro atoms. The Morgan fingerprint density at radius 2 is 1.68 bits per heavy atom. The minimum Gasteiger partial charge on any atom is -0.261 e. The monoisotopic (exact) mass is 496 g/mol. The van der Waals surface area contributed by atoms with E-state index in [1.807, 2.05) is 36.4 Å². The first-order chi connectivity index (χ1) is 16.3. The van der Waals surface area contributed by atoms with Gasteiger partial charge in [-0.1, -0.05) is 49.6 Å². The number of fused-ring (bicyclic) bond motifs is 4. The number of nitrogens with zero attached hydrogens (tertiary/aromatic N) is 1. The van der Waals surface area contributed by atoms with Gasteiger partial charge in [0.25, 0.3) is 0 Å². The van der Waals surface area contributed by atoms with Gasteiger partial charge in [-0.05, 0) is 60.7 Å². The van der Waals surface area contributed by atoms with Crippen LogP contribution in [0.3, 0.4) is 0 Å². The van der Waals surface area contributed by atoms with Crippen LogP contribution in [0, 0.1) is 6.92 Å². The lowest BCUT2D eigenvalue weighted by Crippen LogP contribution is -2.37. The van der Waals surface area contributed by atoms with E-state index in [-0.39, 0.29) is 16.3 Å². The number of sulfone groups is 1. The van der Waals surface area contributed by atoms with Crippen molar-refractivity contribution in [3.8, 4) is 0 Å². The molecule has 2 heterocycles. The summed E-state index contributed by atoms with van der Waals surface area (Å²) in [5.74, 6) is 0. The van der Waals surface area contributed by atoms with Gasteiger partial charge in [-0.25, -0.2) is 21.6 Å². The zero-order valence-electron chi connectivity index (χ0n) is 19.1. The molecular weight excluding hydrogens is 468 g/mol. The van der Waals surface area contributed by atoms with Crippen LogP contribution in [0.15, 0.2) is 75.5 Å². The lowest BCUT2D eigenvalue weighted by atomic mass is 9.65. The third-order valence-electron chi connectivity index (χ3n) is 7.17. The summed E-state index contributed by atoms with van der Waals surface area (Å²) in [6.07, 6.45) is 6.99. The Morgan fingerprint density at radius 3 is 2.41 bits per heavy atom. The van der Waals surface area contributed by atoms with Gasteiger partial charge in [0.2, 0.25) is 19.9 Å². The minimum absolute atomic E-state index is 0.0150. The normalized spacial score (nSPS) is 18.3. The van der Waals surface area contributed by atoms with E-state index >= 15 is 0 Å². The summed E-state index contributed by atoms with van der Waals surface area (Å²) in [6.45, 7) is 1.92. The molecule has 1 saturated carbocycles. The number of benzene rings is 2. The van der Waals surface area contributed by atoms with Crippen molar-refractivity contribution in [1.29, 1.82) is 0 Å². The number of hydrogen-bond acceptors (Lipinski definition) is 5. The van der Waals surface area contributed by atoms with Crippen molar-refractivity contribution in [2.75, 3.05) is 6.54 Å². The fourth-order valence-electron chi connectivity index (χ4n) is 5.55. The fraction of sp³-hybridized carbons (Fsp3) is 0.346. The maximum atomic E-state index is 13.7. The molecule has 0 atom stereocenters. The van der Waals surface area contributed by atoms with Crippen LogP contribution in [0.4, 0.5) is 0 Å². The number of pyridine rings is 1. The first-order valence-electron chi connectivity index (χ1n) is 11.6. The van der Waals surface area contributed by atoms with Crippen molar-refractivity contribution < 1.29 is 16.8 Å². The summed E-state index contributed by atoms with van der Waals surface area (Å²) in [6, 6.07) is 15.9. The Kier molecular flexibility index (Phi) is 5.86. The molecule has 1 fully saturated rings. The number of hydrogen-bond donors (Lipinski definition) is 1. The van der Waals surface area contributed by atoms with Crippen molar-refractivity contribution in [3.05, 3.63) is 83.2 Å². The Balaban J connectivity index is 1.58. The van der Waals surface area contributed by atoms with Crippen molar-refractivity contribution >= 4 is 19.9 Å². The lowest BCUT2D eigenvalue weighted by Gasteiger charge is -2.43. The molecule has 178 valence electrons. The van der Waals surface area contributed by atoms with E-state index in [1.165, 1.54) is 6.07 Å². The average Bonchev–Trinajstić information content (AvgIpc) is 2.84. The maximum Gasteiger partial charge on any atom is 0.240 e. The van der Waals surface area contributed by atoms with Crippen LogP contribution in [0.2, 0.25) is 0 Å².